The Hall–Kier alpha value is -2.11. The Morgan fingerprint density at radius 1 is 0.263 bits per heavy atom. The van der Waals surface area contributed by atoms with Gasteiger partial charge in [0.25, 0.3) is 0 Å². The topological polar surface area (TPSA) is 78.9 Å². The van der Waals surface area contributed by atoms with E-state index in [2.05, 4.69) is 45.1 Å². The summed E-state index contributed by atoms with van der Waals surface area (Å²) in [7, 11) is 0. The van der Waals surface area contributed by atoms with Crippen LogP contribution in [-0.4, -0.2) is 37.2 Å². The Morgan fingerprint density at radius 2 is 0.474 bits per heavy atom. The molecule has 1 atom stereocenters. The van der Waals surface area contributed by atoms with E-state index in [0.717, 1.165) is 70.6 Å². The lowest BCUT2D eigenvalue weighted by Gasteiger charge is -2.18. The van der Waals surface area contributed by atoms with Crippen LogP contribution in [0.3, 0.4) is 0 Å². The second kappa shape index (κ2) is 65.4. The second-order valence-corrected chi connectivity index (χ2v) is 23.5. The molecule has 6 nitrogen and oxygen atoms in total. The summed E-state index contributed by atoms with van der Waals surface area (Å²) in [6.07, 6.45) is 79.8. The molecule has 448 valence electrons. The van der Waals surface area contributed by atoms with Gasteiger partial charge in [0.05, 0.1) is 0 Å². The normalized spacial score (nSPS) is 12.1. The van der Waals surface area contributed by atoms with Crippen LogP contribution in [0.2, 0.25) is 0 Å². The predicted molar refractivity (Wildman–Crippen MR) is 330 cm³/mol. The molecule has 1 unspecified atom stereocenters. The summed E-state index contributed by atoms with van der Waals surface area (Å²) in [5.41, 5.74) is 0. The van der Waals surface area contributed by atoms with Gasteiger partial charge < -0.3 is 14.2 Å². The summed E-state index contributed by atoms with van der Waals surface area (Å²) in [5.74, 6) is -0.866. The first-order valence-electron chi connectivity index (χ1n) is 34.3. The first kappa shape index (κ1) is 73.9. The average molecular weight is 1070 g/mol. The average Bonchev–Trinajstić information content (AvgIpc) is 3.42. The molecule has 0 heterocycles. The van der Waals surface area contributed by atoms with Gasteiger partial charge in [-0.05, 0) is 51.4 Å². The van der Waals surface area contributed by atoms with Crippen LogP contribution in [0.1, 0.15) is 387 Å². The Kier molecular flexibility index (Phi) is 63.6. The van der Waals surface area contributed by atoms with Crippen LogP contribution in [0.15, 0.2) is 24.3 Å². The molecule has 0 aliphatic heterocycles. The lowest BCUT2D eigenvalue weighted by atomic mass is 10.0. The molecule has 0 rings (SSSR count). The molecule has 0 aliphatic carbocycles. The van der Waals surface area contributed by atoms with Crippen molar-refractivity contribution in [2.24, 2.45) is 0 Å². The van der Waals surface area contributed by atoms with Crippen LogP contribution in [0.4, 0.5) is 0 Å². The van der Waals surface area contributed by atoms with Crippen molar-refractivity contribution in [1.82, 2.24) is 0 Å². The molecule has 0 N–H and O–H groups in total. The second-order valence-electron chi connectivity index (χ2n) is 23.5. The van der Waals surface area contributed by atoms with Crippen molar-refractivity contribution in [2.75, 3.05) is 13.2 Å². The minimum atomic E-state index is -0.770. The molecule has 0 bridgehead atoms. The summed E-state index contributed by atoms with van der Waals surface area (Å²) < 4.78 is 16.8. The lowest BCUT2D eigenvalue weighted by Crippen LogP contribution is -2.30. The fourth-order valence-electron chi connectivity index (χ4n) is 10.5. The molecule has 0 aliphatic rings. The number of carbonyl (C=O) groups excluding carboxylic acids is 3. The molecule has 0 saturated heterocycles. The van der Waals surface area contributed by atoms with Crippen LogP contribution < -0.4 is 0 Å². The Labute approximate surface area is 474 Å². The van der Waals surface area contributed by atoms with Gasteiger partial charge >= 0.3 is 17.9 Å². The third-order valence-electron chi connectivity index (χ3n) is 15.7. The third kappa shape index (κ3) is 62.7. The number of hydrogen-bond acceptors (Lipinski definition) is 6. The number of unbranched alkanes of at least 4 members (excludes halogenated alkanes) is 49. The van der Waals surface area contributed by atoms with Crippen molar-refractivity contribution in [3.05, 3.63) is 24.3 Å². The van der Waals surface area contributed by atoms with E-state index in [-0.39, 0.29) is 31.1 Å². The molecular formula is C70H132O6. The van der Waals surface area contributed by atoms with Crippen LogP contribution in [-0.2, 0) is 28.6 Å². The lowest BCUT2D eigenvalue weighted by molar-refractivity contribution is -0.167. The molecule has 0 fully saturated rings. The van der Waals surface area contributed by atoms with Gasteiger partial charge in [-0.25, -0.2) is 0 Å². The number of rotatable bonds is 64. The Bertz CT molecular complexity index is 1230. The van der Waals surface area contributed by atoms with E-state index in [1.807, 2.05) is 0 Å². The van der Waals surface area contributed by atoms with E-state index in [4.69, 9.17) is 14.2 Å². The number of ether oxygens (including phenoxy) is 3. The SMILES string of the molecule is CCCCC/C=C\C/C=C\CCCCCCCCCC(=O)OC(COC(=O)CCCCCCCC)COC(=O)CCCCCCCCCCCCCCCCCCCCCCCCCCCCCCCCCCCCC. The van der Waals surface area contributed by atoms with E-state index in [0.29, 0.717) is 19.3 Å². The fourth-order valence-corrected chi connectivity index (χ4v) is 10.5. The number of carbonyl (C=O) groups is 3. The molecular weight excluding hydrogens is 937 g/mol. The molecule has 0 aromatic rings. The Morgan fingerprint density at radius 3 is 0.750 bits per heavy atom. The van der Waals surface area contributed by atoms with Crippen molar-refractivity contribution in [3.63, 3.8) is 0 Å². The molecule has 6 heteroatoms. The number of esters is 3. The minimum Gasteiger partial charge on any atom is -0.462 e. The standard InChI is InChI=1S/C70H132O6/c1-4-7-10-13-16-18-20-22-24-26-27-28-29-30-31-32-33-34-35-36-37-38-39-40-41-42-43-45-46-48-50-52-54-57-60-63-69(72)75-66-67(65-74-68(71)62-59-56-15-12-9-6-3)76-70(73)64-61-58-55-53-51-49-47-44-25-23-21-19-17-14-11-8-5-2/h17,19,23,25,67H,4-16,18,20-22,24,26-66H2,1-3H3/b19-17-,25-23-. The van der Waals surface area contributed by atoms with Crippen LogP contribution in [0.5, 0.6) is 0 Å². The third-order valence-corrected chi connectivity index (χ3v) is 15.7. The highest BCUT2D eigenvalue weighted by Gasteiger charge is 2.19. The van der Waals surface area contributed by atoms with Gasteiger partial charge in [-0.15, -0.1) is 0 Å². The van der Waals surface area contributed by atoms with Crippen molar-refractivity contribution in [1.29, 1.82) is 0 Å². The van der Waals surface area contributed by atoms with Gasteiger partial charge in [-0.2, -0.15) is 0 Å². The van der Waals surface area contributed by atoms with Gasteiger partial charge in [0, 0.05) is 19.3 Å². The maximum atomic E-state index is 12.8. The molecule has 0 spiro atoms. The first-order chi connectivity index (χ1) is 37.5. The van der Waals surface area contributed by atoms with Gasteiger partial charge in [-0.1, -0.05) is 340 Å². The van der Waals surface area contributed by atoms with E-state index in [9.17, 15) is 14.4 Å². The van der Waals surface area contributed by atoms with Crippen LogP contribution in [0, 0.1) is 0 Å². The van der Waals surface area contributed by atoms with Gasteiger partial charge in [0.1, 0.15) is 13.2 Å². The zero-order valence-corrected chi connectivity index (χ0v) is 51.6. The quantitative estimate of drug-likeness (QED) is 0.0261. The van der Waals surface area contributed by atoms with E-state index in [1.165, 1.54) is 276 Å². The molecule has 0 amide bonds. The summed E-state index contributed by atoms with van der Waals surface area (Å²) in [4.78, 5) is 38.0. The van der Waals surface area contributed by atoms with E-state index >= 15 is 0 Å². The van der Waals surface area contributed by atoms with Gasteiger partial charge in [0.2, 0.25) is 0 Å². The fraction of sp³-hybridized carbons (Fsp3) is 0.900. The van der Waals surface area contributed by atoms with E-state index < -0.39 is 6.10 Å². The van der Waals surface area contributed by atoms with Gasteiger partial charge in [0.15, 0.2) is 6.10 Å². The summed E-state index contributed by atoms with van der Waals surface area (Å²) >= 11 is 0. The number of hydrogen-bond donors (Lipinski definition) is 0. The molecule has 0 radical (unpaired) electrons. The summed E-state index contributed by atoms with van der Waals surface area (Å²) in [6.45, 7) is 6.61. The van der Waals surface area contributed by atoms with Crippen molar-refractivity contribution in [3.8, 4) is 0 Å². The zero-order chi connectivity index (χ0) is 55.0. The highest BCUT2D eigenvalue weighted by atomic mass is 16.6. The molecule has 0 aromatic heterocycles. The maximum Gasteiger partial charge on any atom is 0.306 e. The van der Waals surface area contributed by atoms with Crippen LogP contribution in [0.25, 0.3) is 0 Å². The first-order valence-corrected chi connectivity index (χ1v) is 34.3. The van der Waals surface area contributed by atoms with Crippen LogP contribution >= 0.6 is 0 Å². The van der Waals surface area contributed by atoms with Gasteiger partial charge in [-0.3, -0.25) is 14.4 Å². The molecule has 76 heavy (non-hydrogen) atoms. The largest absolute Gasteiger partial charge is 0.462 e. The number of allylic oxidation sites excluding steroid dienone is 4. The monoisotopic (exact) mass is 1070 g/mol. The molecule has 0 saturated carbocycles. The predicted octanol–water partition coefficient (Wildman–Crippen LogP) is 23.4. The molecule has 0 aromatic carbocycles. The highest BCUT2D eigenvalue weighted by molar-refractivity contribution is 5.71. The Balaban J connectivity index is 3.87. The summed E-state index contributed by atoms with van der Waals surface area (Å²) in [6, 6.07) is 0. The van der Waals surface area contributed by atoms with Crippen molar-refractivity contribution < 1.29 is 28.6 Å². The minimum absolute atomic E-state index is 0.0699. The van der Waals surface area contributed by atoms with Crippen molar-refractivity contribution in [2.45, 2.75) is 393 Å². The van der Waals surface area contributed by atoms with Crippen molar-refractivity contribution >= 4 is 17.9 Å². The summed E-state index contributed by atoms with van der Waals surface area (Å²) in [5, 5.41) is 0. The highest BCUT2D eigenvalue weighted by Crippen LogP contribution is 2.19. The zero-order valence-electron chi connectivity index (χ0n) is 51.6. The smallest absolute Gasteiger partial charge is 0.306 e. The maximum absolute atomic E-state index is 12.8. The van der Waals surface area contributed by atoms with E-state index in [1.54, 1.807) is 0 Å².